The SMILES string of the molecule is COC(=O)c1cc2c(Cl)cccn2n1. The molecular formula is C9H7ClN2O2. The van der Waals surface area contributed by atoms with Crippen LogP contribution in [0.3, 0.4) is 0 Å². The summed E-state index contributed by atoms with van der Waals surface area (Å²) in [6, 6.07) is 5.08. The molecule has 0 radical (unpaired) electrons. The number of rotatable bonds is 1. The molecule has 0 unspecified atom stereocenters. The number of carbonyl (C=O) groups is 1. The molecule has 2 aromatic heterocycles. The first kappa shape index (κ1) is 9.02. The molecule has 0 fully saturated rings. The van der Waals surface area contributed by atoms with Crippen LogP contribution in [0.5, 0.6) is 0 Å². The number of halogens is 1. The molecular weight excluding hydrogens is 204 g/mol. The zero-order valence-corrected chi connectivity index (χ0v) is 8.15. The van der Waals surface area contributed by atoms with Crippen molar-refractivity contribution >= 4 is 23.1 Å². The Morgan fingerprint density at radius 1 is 1.64 bits per heavy atom. The minimum atomic E-state index is -0.468. The van der Waals surface area contributed by atoms with E-state index in [1.807, 2.05) is 0 Å². The standard InChI is InChI=1S/C9H7ClN2O2/c1-14-9(13)7-5-8-6(10)3-2-4-12(8)11-7/h2-5H,1H3. The monoisotopic (exact) mass is 210 g/mol. The molecule has 0 bridgehead atoms. The summed E-state index contributed by atoms with van der Waals surface area (Å²) in [5, 5.41) is 4.55. The number of pyridine rings is 1. The predicted molar refractivity (Wildman–Crippen MR) is 51.5 cm³/mol. The fraction of sp³-hybridized carbons (Fsp3) is 0.111. The van der Waals surface area contributed by atoms with Gasteiger partial charge >= 0.3 is 5.97 Å². The van der Waals surface area contributed by atoms with Gasteiger partial charge in [-0.15, -0.1) is 0 Å². The summed E-state index contributed by atoms with van der Waals surface area (Å²) in [5.74, 6) is -0.468. The fourth-order valence-corrected chi connectivity index (χ4v) is 1.40. The van der Waals surface area contributed by atoms with Crippen LogP contribution in [0.25, 0.3) is 5.52 Å². The predicted octanol–water partition coefficient (Wildman–Crippen LogP) is 1.77. The Labute approximate surface area is 85.0 Å². The highest BCUT2D eigenvalue weighted by atomic mass is 35.5. The van der Waals surface area contributed by atoms with Crippen LogP contribution in [0.15, 0.2) is 24.4 Å². The van der Waals surface area contributed by atoms with Crippen LogP contribution in [0, 0.1) is 0 Å². The molecule has 0 aromatic carbocycles. The Kier molecular flexibility index (Phi) is 2.13. The maximum absolute atomic E-state index is 11.2. The molecule has 0 atom stereocenters. The second kappa shape index (κ2) is 3.31. The normalized spacial score (nSPS) is 10.4. The first-order valence-electron chi connectivity index (χ1n) is 3.94. The fourth-order valence-electron chi connectivity index (χ4n) is 1.19. The lowest BCUT2D eigenvalue weighted by atomic mass is 10.3. The van der Waals surface area contributed by atoms with Gasteiger partial charge in [0.2, 0.25) is 0 Å². The minimum absolute atomic E-state index is 0.251. The van der Waals surface area contributed by atoms with E-state index in [-0.39, 0.29) is 5.69 Å². The Morgan fingerprint density at radius 2 is 2.43 bits per heavy atom. The van der Waals surface area contributed by atoms with Crippen LogP contribution >= 0.6 is 11.6 Å². The van der Waals surface area contributed by atoms with Crippen molar-refractivity contribution in [3.8, 4) is 0 Å². The van der Waals surface area contributed by atoms with E-state index in [9.17, 15) is 4.79 Å². The Morgan fingerprint density at radius 3 is 3.07 bits per heavy atom. The summed E-state index contributed by atoms with van der Waals surface area (Å²) >= 11 is 5.91. The maximum atomic E-state index is 11.2. The lowest BCUT2D eigenvalue weighted by Crippen LogP contribution is -2.01. The van der Waals surface area contributed by atoms with E-state index < -0.39 is 5.97 Å². The van der Waals surface area contributed by atoms with Crippen molar-refractivity contribution in [1.29, 1.82) is 0 Å². The van der Waals surface area contributed by atoms with E-state index >= 15 is 0 Å². The van der Waals surface area contributed by atoms with E-state index in [0.29, 0.717) is 10.5 Å². The molecule has 2 heterocycles. The summed E-state index contributed by atoms with van der Waals surface area (Å²) in [4.78, 5) is 11.2. The van der Waals surface area contributed by atoms with E-state index in [0.717, 1.165) is 0 Å². The maximum Gasteiger partial charge on any atom is 0.358 e. The van der Waals surface area contributed by atoms with Gasteiger partial charge in [-0.05, 0) is 12.1 Å². The van der Waals surface area contributed by atoms with Crippen LogP contribution in [-0.2, 0) is 4.74 Å². The van der Waals surface area contributed by atoms with Gasteiger partial charge in [0.1, 0.15) is 0 Å². The van der Waals surface area contributed by atoms with Gasteiger partial charge in [0.15, 0.2) is 5.69 Å². The lowest BCUT2D eigenvalue weighted by molar-refractivity contribution is 0.0593. The van der Waals surface area contributed by atoms with Crippen molar-refractivity contribution in [2.24, 2.45) is 0 Å². The number of hydrogen-bond acceptors (Lipinski definition) is 3. The molecule has 0 spiro atoms. The topological polar surface area (TPSA) is 43.6 Å². The van der Waals surface area contributed by atoms with Crippen molar-refractivity contribution in [2.75, 3.05) is 7.11 Å². The van der Waals surface area contributed by atoms with Crippen molar-refractivity contribution in [3.63, 3.8) is 0 Å². The molecule has 2 aromatic rings. The first-order chi connectivity index (χ1) is 6.72. The summed E-state index contributed by atoms with van der Waals surface area (Å²) in [5.41, 5.74) is 0.940. The van der Waals surface area contributed by atoms with Crippen molar-refractivity contribution in [3.05, 3.63) is 35.1 Å². The first-order valence-corrected chi connectivity index (χ1v) is 4.32. The summed E-state index contributed by atoms with van der Waals surface area (Å²) in [6.07, 6.45) is 1.72. The van der Waals surface area contributed by atoms with Gasteiger partial charge in [0.25, 0.3) is 0 Å². The lowest BCUT2D eigenvalue weighted by Gasteiger charge is -1.92. The number of esters is 1. The molecule has 0 aliphatic heterocycles. The number of methoxy groups -OCH3 is 1. The number of ether oxygens (including phenoxy) is 1. The molecule has 0 saturated carbocycles. The van der Waals surface area contributed by atoms with Gasteiger partial charge in [-0.3, -0.25) is 0 Å². The molecule has 0 amide bonds. The molecule has 0 aliphatic rings. The average Bonchev–Trinajstić information content (AvgIpc) is 2.62. The van der Waals surface area contributed by atoms with Gasteiger partial charge in [0.05, 0.1) is 17.6 Å². The largest absolute Gasteiger partial charge is 0.464 e. The summed E-state index contributed by atoms with van der Waals surface area (Å²) in [6.45, 7) is 0. The zero-order chi connectivity index (χ0) is 10.1. The highest BCUT2D eigenvalue weighted by Gasteiger charge is 2.11. The van der Waals surface area contributed by atoms with E-state index in [1.165, 1.54) is 11.6 Å². The number of hydrogen-bond donors (Lipinski definition) is 0. The molecule has 14 heavy (non-hydrogen) atoms. The number of carbonyl (C=O) groups excluding carboxylic acids is 1. The molecule has 2 rings (SSSR count). The van der Waals surface area contributed by atoms with Crippen LogP contribution < -0.4 is 0 Å². The highest BCUT2D eigenvalue weighted by molar-refractivity contribution is 6.33. The third kappa shape index (κ3) is 1.33. The Hall–Kier alpha value is -1.55. The van der Waals surface area contributed by atoms with Crippen LogP contribution in [-0.4, -0.2) is 22.7 Å². The van der Waals surface area contributed by atoms with Gasteiger partial charge in [-0.1, -0.05) is 11.6 Å². The quantitative estimate of drug-likeness (QED) is 0.674. The van der Waals surface area contributed by atoms with E-state index in [1.54, 1.807) is 24.4 Å². The van der Waals surface area contributed by atoms with Gasteiger partial charge in [-0.25, -0.2) is 9.31 Å². The Bertz CT molecular complexity index is 493. The van der Waals surface area contributed by atoms with E-state index in [2.05, 4.69) is 9.84 Å². The van der Waals surface area contributed by atoms with Crippen molar-refractivity contribution in [1.82, 2.24) is 9.61 Å². The highest BCUT2D eigenvalue weighted by Crippen LogP contribution is 2.17. The molecule has 5 heteroatoms. The summed E-state index contributed by atoms with van der Waals surface area (Å²) < 4.78 is 6.08. The third-order valence-electron chi connectivity index (χ3n) is 1.84. The van der Waals surface area contributed by atoms with Gasteiger partial charge in [-0.2, -0.15) is 5.10 Å². The van der Waals surface area contributed by atoms with Gasteiger partial charge in [0, 0.05) is 12.3 Å². The molecule has 72 valence electrons. The van der Waals surface area contributed by atoms with Crippen molar-refractivity contribution < 1.29 is 9.53 Å². The van der Waals surface area contributed by atoms with Crippen LogP contribution in [0.1, 0.15) is 10.5 Å². The molecule has 4 nitrogen and oxygen atoms in total. The van der Waals surface area contributed by atoms with Crippen molar-refractivity contribution in [2.45, 2.75) is 0 Å². The van der Waals surface area contributed by atoms with Crippen LogP contribution in [0.2, 0.25) is 5.02 Å². The number of aromatic nitrogens is 2. The van der Waals surface area contributed by atoms with Gasteiger partial charge < -0.3 is 4.74 Å². The van der Waals surface area contributed by atoms with Crippen LogP contribution in [0.4, 0.5) is 0 Å². The Balaban J connectivity index is 2.62. The second-order valence-electron chi connectivity index (χ2n) is 2.71. The molecule has 0 aliphatic carbocycles. The third-order valence-corrected chi connectivity index (χ3v) is 2.16. The zero-order valence-electron chi connectivity index (χ0n) is 7.40. The average molecular weight is 211 g/mol. The number of fused-ring (bicyclic) bond motifs is 1. The molecule has 0 saturated heterocycles. The second-order valence-corrected chi connectivity index (χ2v) is 3.11. The summed E-state index contributed by atoms with van der Waals surface area (Å²) in [7, 11) is 1.31. The number of nitrogens with zero attached hydrogens (tertiary/aromatic N) is 2. The minimum Gasteiger partial charge on any atom is -0.464 e. The smallest absolute Gasteiger partial charge is 0.358 e. The molecule has 0 N–H and O–H groups in total. The van der Waals surface area contributed by atoms with E-state index in [4.69, 9.17) is 11.6 Å².